The van der Waals surface area contributed by atoms with Crippen molar-refractivity contribution in [2.45, 2.75) is 0 Å². The van der Waals surface area contributed by atoms with Gasteiger partial charge >= 0.3 is 4.88 Å². The molecule has 0 spiro atoms. The van der Waals surface area contributed by atoms with Gasteiger partial charge in [0.1, 0.15) is 0 Å². The molecule has 0 saturated carbocycles. The lowest BCUT2D eigenvalue weighted by molar-refractivity contribution is 0.215. The second-order valence-electron chi connectivity index (χ2n) is 0.522. The minimum Gasteiger partial charge on any atom is -0.427 e. The van der Waals surface area contributed by atoms with E-state index < -0.39 is 4.88 Å². The van der Waals surface area contributed by atoms with E-state index in [2.05, 4.69) is 27.2 Å². The van der Waals surface area contributed by atoms with Gasteiger partial charge in [-0.3, -0.25) is 0 Å². The molecule has 0 amide bonds. The molecule has 0 aliphatic rings. The van der Waals surface area contributed by atoms with Gasteiger partial charge in [0.15, 0.2) is 0 Å². The molecule has 0 N–H and O–H groups in total. The molecule has 0 rings (SSSR count). The van der Waals surface area contributed by atoms with Gasteiger partial charge in [0.05, 0.1) is 6.26 Å². The van der Waals surface area contributed by atoms with Gasteiger partial charge < -0.3 is 4.74 Å². The van der Waals surface area contributed by atoms with E-state index in [9.17, 15) is 4.79 Å². The Kier molecular flexibility index (Phi) is 2.75. The van der Waals surface area contributed by atoms with Crippen LogP contribution in [0.25, 0.3) is 0 Å². The number of ether oxygens (including phenoxy) is 1. The first-order valence-electron chi connectivity index (χ1n) is 1.24. The average molecular weight is 151 g/mol. The molecule has 0 aliphatic carbocycles. The molecule has 6 heavy (non-hydrogen) atoms. The summed E-state index contributed by atoms with van der Waals surface area (Å²) in [6, 6.07) is 0. The number of carbonyl (C=O) groups excluding carboxylic acids is 1. The lowest BCUT2D eigenvalue weighted by atomic mass is 11.1. The maximum Gasteiger partial charge on any atom is 0.379 e. The minimum absolute atomic E-state index is 0.516. The Morgan fingerprint density at radius 1 is 2.00 bits per heavy atom. The molecule has 0 aliphatic heterocycles. The highest BCUT2D eigenvalue weighted by atomic mass is 79.9. The van der Waals surface area contributed by atoms with Gasteiger partial charge in [-0.25, -0.2) is 4.79 Å². The summed E-state index contributed by atoms with van der Waals surface area (Å²) in [4.78, 5) is 9.15. The first kappa shape index (κ1) is 5.69. The fraction of sp³-hybridized carbons (Fsp3) is 0. The van der Waals surface area contributed by atoms with Gasteiger partial charge in [-0.2, -0.15) is 0 Å². The van der Waals surface area contributed by atoms with E-state index in [1.165, 1.54) is 0 Å². The maximum atomic E-state index is 9.67. The minimum atomic E-state index is -0.516. The van der Waals surface area contributed by atoms with Crippen molar-refractivity contribution in [1.29, 1.82) is 0 Å². The first-order valence-corrected chi connectivity index (χ1v) is 2.03. The van der Waals surface area contributed by atoms with Crippen molar-refractivity contribution in [1.82, 2.24) is 0 Å². The summed E-state index contributed by atoms with van der Waals surface area (Å²) < 4.78 is 4.08. The van der Waals surface area contributed by atoms with E-state index in [0.29, 0.717) is 0 Å². The van der Waals surface area contributed by atoms with Crippen molar-refractivity contribution < 1.29 is 9.53 Å². The summed E-state index contributed by atoms with van der Waals surface area (Å²) in [6.45, 7) is 3.13. The molecular weight excluding hydrogens is 148 g/mol. The molecule has 0 unspecified atom stereocenters. The predicted octanol–water partition coefficient (Wildman–Crippen LogP) is 1.66. The molecule has 0 aromatic rings. The monoisotopic (exact) mass is 150 g/mol. The number of carbonyl (C=O) groups is 1. The summed E-state index contributed by atoms with van der Waals surface area (Å²) in [5.74, 6) is 0. The van der Waals surface area contributed by atoms with Crippen LogP contribution in [0.5, 0.6) is 0 Å². The van der Waals surface area contributed by atoms with Crippen molar-refractivity contribution in [2.75, 3.05) is 0 Å². The Bertz CT molecular complexity index is 69.2. The van der Waals surface area contributed by atoms with Gasteiger partial charge in [-0.1, -0.05) is 6.58 Å². The molecule has 34 valence electrons. The summed E-state index contributed by atoms with van der Waals surface area (Å²) in [5, 5.41) is 0. The fourth-order valence-electron chi connectivity index (χ4n) is 0.0655. The van der Waals surface area contributed by atoms with Crippen molar-refractivity contribution in [3.63, 3.8) is 0 Å². The van der Waals surface area contributed by atoms with Crippen molar-refractivity contribution in [3.8, 4) is 0 Å². The Morgan fingerprint density at radius 2 is 2.50 bits per heavy atom. The van der Waals surface area contributed by atoms with Crippen LogP contribution >= 0.6 is 15.9 Å². The van der Waals surface area contributed by atoms with E-state index in [4.69, 9.17) is 0 Å². The number of halogens is 1. The third-order valence-electron chi connectivity index (χ3n) is 0.176. The third kappa shape index (κ3) is 3.69. The fourth-order valence-corrected chi connectivity index (χ4v) is 0.198. The van der Waals surface area contributed by atoms with Gasteiger partial charge in [0.25, 0.3) is 0 Å². The van der Waals surface area contributed by atoms with E-state index in [-0.39, 0.29) is 0 Å². The smallest absolute Gasteiger partial charge is 0.379 e. The van der Waals surface area contributed by atoms with Crippen molar-refractivity contribution in [2.24, 2.45) is 0 Å². The van der Waals surface area contributed by atoms with Crippen LogP contribution in [0, 0.1) is 0 Å². The molecule has 3 heteroatoms. The predicted molar refractivity (Wildman–Crippen MR) is 25.6 cm³/mol. The van der Waals surface area contributed by atoms with E-state index in [1.807, 2.05) is 0 Å². The standard InChI is InChI=1S/C3H3BrO2/c1-2-6-3(4)5/h2H,1H2. The quantitative estimate of drug-likeness (QED) is 0.420. The zero-order valence-electron chi connectivity index (χ0n) is 2.98. The zero-order valence-corrected chi connectivity index (χ0v) is 4.56. The summed E-state index contributed by atoms with van der Waals surface area (Å²) in [7, 11) is 0. The molecule has 0 aromatic heterocycles. The zero-order chi connectivity index (χ0) is 4.99. The second-order valence-corrected chi connectivity index (χ2v) is 1.17. The van der Waals surface area contributed by atoms with Gasteiger partial charge in [-0.15, -0.1) is 0 Å². The second kappa shape index (κ2) is 2.90. The maximum absolute atomic E-state index is 9.67. The highest BCUT2D eigenvalue weighted by Gasteiger charge is 1.82. The van der Waals surface area contributed by atoms with Crippen molar-refractivity contribution in [3.05, 3.63) is 12.8 Å². The number of hydrogen-bond acceptors (Lipinski definition) is 2. The summed E-state index contributed by atoms with van der Waals surface area (Å²) >= 11 is 2.50. The largest absolute Gasteiger partial charge is 0.427 e. The van der Waals surface area contributed by atoms with Gasteiger partial charge in [0.2, 0.25) is 0 Å². The van der Waals surface area contributed by atoms with Crippen molar-refractivity contribution >= 4 is 20.8 Å². The van der Waals surface area contributed by atoms with Crippen LogP contribution in [0.1, 0.15) is 0 Å². The van der Waals surface area contributed by atoms with E-state index >= 15 is 0 Å². The Hall–Kier alpha value is -0.310. The van der Waals surface area contributed by atoms with E-state index in [0.717, 1.165) is 6.26 Å². The van der Waals surface area contributed by atoms with Crippen LogP contribution in [0.3, 0.4) is 0 Å². The molecule has 0 heterocycles. The average Bonchev–Trinajstić information content (AvgIpc) is 1.35. The third-order valence-corrected chi connectivity index (χ3v) is 0.363. The van der Waals surface area contributed by atoms with Crippen LogP contribution in [0.4, 0.5) is 4.79 Å². The van der Waals surface area contributed by atoms with Crippen LogP contribution < -0.4 is 0 Å². The van der Waals surface area contributed by atoms with Crippen LogP contribution in [0.2, 0.25) is 0 Å². The van der Waals surface area contributed by atoms with Gasteiger partial charge in [0, 0.05) is 15.9 Å². The molecule has 0 radical (unpaired) electrons. The van der Waals surface area contributed by atoms with E-state index in [1.54, 1.807) is 0 Å². The Morgan fingerprint density at radius 3 is 2.50 bits per heavy atom. The van der Waals surface area contributed by atoms with Crippen LogP contribution in [-0.2, 0) is 4.74 Å². The molecule has 0 fully saturated rings. The number of hydrogen-bond donors (Lipinski definition) is 0. The summed E-state index contributed by atoms with van der Waals surface area (Å²) in [5.41, 5.74) is 0. The highest BCUT2D eigenvalue weighted by molar-refractivity contribution is 9.18. The summed E-state index contributed by atoms with van der Waals surface area (Å²) in [6.07, 6.45) is 1.05. The van der Waals surface area contributed by atoms with Gasteiger partial charge in [-0.05, 0) is 0 Å². The normalized spacial score (nSPS) is 6.83. The Labute approximate surface area is 43.9 Å². The molecule has 0 saturated heterocycles. The highest BCUT2D eigenvalue weighted by Crippen LogP contribution is 1.87. The Balaban J connectivity index is 3.05. The molecule has 2 nitrogen and oxygen atoms in total. The molecule has 0 bridgehead atoms. The first-order chi connectivity index (χ1) is 2.77. The van der Waals surface area contributed by atoms with Crippen LogP contribution in [0.15, 0.2) is 12.8 Å². The molecule has 0 aromatic carbocycles. The number of rotatable bonds is 1. The van der Waals surface area contributed by atoms with Crippen LogP contribution in [-0.4, -0.2) is 4.88 Å². The lowest BCUT2D eigenvalue weighted by Crippen LogP contribution is -1.78. The topological polar surface area (TPSA) is 26.3 Å². The molecular formula is C3H3BrO2. The molecule has 0 atom stereocenters. The SMILES string of the molecule is C=COC(=O)Br. The lowest BCUT2D eigenvalue weighted by Gasteiger charge is -1.80.